The Balaban J connectivity index is 1.70. The van der Waals surface area contributed by atoms with Gasteiger partial charge in [-0.2, -0.15) is 0 Å². The molecule has 0 bridgehead atoms. The zero-order valence-electron chi connectivity index (χ0n) is 16.7. The zero-order valence-corrected chi connectivity index (χ0v) is 16.7. The van der Waals surface area contributed by atoms with Crippen LogP contribution in [-0.4, -0.2) is 14.5 Å². The average molecular weight is 391 g/mol. The van der Waals surface area contributed by atoms with E-state index < -0.39 is 0 Å². The highest BCUT2D eigenvalue weighted by atomic mass is 16.1. The summed E-state index contributed by atoms with van der Waals surface area (Å²) >= 11 is 0. The lowest BCUT2D eigenvalue weighted by atomic mass is 10.1. The lowest BCUT2D eigenvalue weighted by Gasteiger charge is -2.13. The number of aromatic amines is 1. The summed E-state index contributed by atoms with van der Waals surface area (Å²) in [5.41, 5.74) is 6.47. The minimum absolute atomic E-state index is 0.0751. The number of H-pyrrole nitrogens is 1. The maximum atomic E-state index is 13.3. The Morgan fingerprint density at radius 2 is 1.47 bits per heavy atom. The van der Waals surface area contributed by atoms with Gasteiger partial charge in [-0.3, -0.25) is 9.36 Å². The first-order valence-electron chi connectivity index (χ1n) is 10.00. The molecule has 2 aliphatic rings. The highest BCUT2D eigenvalue weighted by Crippen LogP contribution is 2.28. The molecule has 0 radical (unpaired) electrons. The smallest absolute Gasteiger partial charge is 0.278 e. The van der Waals surface area contributed by atoms with E-state index in [4.69, 9.17) is 4.98 Å². The van der Waals surface area contributed by atoms with Gasteiger partial charge in [0, 0.05) is 18.2 Å². The first-order chi connectivity index (χ1) is 14.7. The molecule has 0 saturated carbocycles. The van der Waals surface area contributed by atoms with Crippen LogP contribution in [0, 0.1) is 6.92 Å². The van der Waals surface area contributed by atoms with Crippen molar-refractivity contribution in [1.29, 1.82) is 0 Å². The van der Waals surface area contributed by atoms with Crippen molar-refractivity contribution in [2.45, 2.75) is 13.3 Å². The van der Waals surface area contributed by atoms with Gasteiger partial charge >= 0.3 is 0 Å². The molecule has 146 valence electrons. The number of rotatable bonds is 4. The topological polar surface area (TPSA) is 50.7 Å². The quantitative estimate of drug-likeness (QED) is 0.456. The third kappa shape index (κ3) is 3.33. The molecule has 0 amide bonds. The summed E-state index contributed by atoms with van der Waals surface area (Å²) in [4.78, 5) is 21.5. The summed E-state index contributed by atoms with van der Waals surface area (Å²) in [6, 6.07) is 28.3. The van der Waals surface area contributed by atoms with E-state index in [1.54, 1.807) is 4.57 Å². The van der Waals surface area contributed by atoms with Crippen LogP contribution in [0.25, 0.3) is 28.3 Å². The second kappa shape index (κ2) is 7.48. The van der Waals surface area contributed by atoms with E-state index in [-0.39, 0.29) is 5.56 Å². The van der Waals surface area contributed by atoms with E-state index in [0.717, 1.165) is 28.1 Å². The van der Waals surface area contributed by atoms with Crippen LogP contribution in [0.15, 0.2) is 95.9 Å². The van der Waals surface area contributed by atoms with Crippen LogP contribution in [0.5, 0.6) is 0 Å². The van der Waals surface area contributed by atoms with Crippen LogP contribution in [0.1, 0.15) is 16.8 Å². The number of imidazole rings is 1. The summed E-state index contributed by atoms with van der Waals surface area (Å²) in [5, 5.41) is 0. The van der Waals surface area contributed by atoms with Crippen LogP contribution < -0.4 is 5.56 Å². The van der Waals surface area contributed by atoms with Crippen LogP contribution in [-0.2, 0) is 6.42 Å². The fourth-order valence-electron chi connectivity index (χ4n) is 3.70. The number of hydrogen-bond donors (Lipinski definition) is 1. The normalized spacial score (nSPS) is 11.1. The molecule has 4 nitrogen and oxygen atoms in total. The molecule has 0 atom stereocenters. The van der Waals surface area contributed by atoms with Crippen LogP contribution in [0.4, 0.5) is 0 Å². The van der Waals surface area contributed by atoms with Gasteiger partial charge < -0.3 is 4.98 Å². The Kier molecular flexibility index (Phi) is 4.52. The lowest BCUT2D eigenvalue weighted by molar-refractivity contribution is 0.976. The maximum Gasteiger partial charge on any atom is 0.278 e. The fraction of sp³-hybridized carbons (Fsp3) is 0.0769. The predicted octanol–water partition coefficient (Wildman–Crippen LogP) is 5.23. The van der Waals surface area contributed by atoms with E-state index >= 15 is 0 Å². The molecular formula is C26H21N3O. The summed E-state index contributed by atoms with van der Waals surface area (Å²) in [6.07, 6.45) is 2.36. The molecule has 3 aromatic rings. The Morgan fingerprint density at radius 3 is 2.13 bits per heavy atom. The number of benzene rings is 3. The third-order valence-corrected chi connectivity index (χ3v) is 5.32. The molecule has 1 N–H and O–H groups in total. The van der Waals surface area contributed by atoms with Gasteiger partial charge in [-0.1, -0.05) is 90.5 Å². The molecule has 0 unspecified atom stereocenters. The molecule has 2 heterocycles. The number of aryl methyl sites for hydroxylation is 1. The molecule has 30 heavy (non-hydrogen) atoms. The molecule has 0 saturated heterocycles. The van der Waals surface area contributed by atoms with E-state index in [1.807, 2.05) is 66.9 Å². The number of hydrogen-bond acceptors (Lipinski definition) is 2. The Hall–Kier alpha value is -3.92. The number of fused-ring (bicyclic) bond motifs is 1. The highest BCUT2D eigenvalue weighted by Gasteiger charge is 2.21. The summed E-state index contributed by atoms with van der Waals surface area (Å²) < 4.78 is 1.67. The van der Waals surface area contributed by atoms with Crippen molar-refractivity contribution in [1.82, 2.24) is 14.5 Å². The first kappa shape index (κ1) is 18.1. The van der Waals surface area contributed by atoms with Gasteiger partial charge in [-0.25, -0.2) is 4.98 Å². The Bertz CT molecular complexity index is 1320. The zero-order chi connectivity index (χ0) is 20.5. The van der Waals surface area contributed by atoms with E-state index in [2.05, 4.69) is 36.2 Å². The van der Waals surface area contributed by atoms with Crippen molar-refractivity contribution in [2.24, 2.45) is 0 Å². The van der Waals surface area contributed by atoms with Crippen LogP contribution in [0.2, 0.25) is 0 Å². The van der Waals surface area contributed by atoms with Gasteiger partial charge in [0.1, 0.15) is 5.69 Å². The monoisotopic (exact) mass is 391 g/mol. The molecule has 0 spiro atoms. The number of nitrogens with one attached hydrogen (secondary N) is 1. The van der Waals surface area contributed by atoms with E-state index in [0.29, 0.717) is 17.9 Å². The molecule has 0 aromatic heterocycles. The van der Waals surface area contributed by atoms with Gasteiger partial charge in [-0.15, -0.1) is 0 Å². The molecule has 2 aliphatic heterocycles. The molecular weight excluding hydrogens is 370 g/mol. The summed E-state index contributed by atoms with van der Waals surface area (Å²) in [7, 11) is 0. The maximum absolute atomic E-state index is 13.3. The van der Waals surface area contributed by atoms with Crippen molar-refractivity contribution in [2.75, 3.05) is 0 Å². The molecule has 3 aromatic carbocycles. The minimum atomic E-state index is -0.0751. The van der Waals surface area contributed by atoms with Gasteiger partial charge in [-0.05, 0) is 18.1 Å². The predicted molar refractivity (Wildman–Crippen MR) is 120 cm³/mol. The SMILES string of the molecule is Cc1ccc(Cc2nc3c(-c4ccccc4)[nH]c(-c4ccccc4)cn-3c2=O)cc1. The molecule has 0 aliphatic carbocycles. The van der Waals surface area contributed by atoms with Crippen molar-refractivity contribution in [3.8, 4) is 28.3 Å². The van der Waals surface area contributed by atoms with Crippen LogP contribution >= 0.6 is 0 Å². The molecule has 0 fully saturated rings. The molecule has 4 heteroatoms. The van der Waals surface area contributed by atoms with Gasteiger partial charge in [0.15, 0.2) is 5.82 Å². The Morgan fingerprint density at radius 1 is 0.833 bits per heavy atom. The van der Waals surface area contributed by atoms with Crippen molar-refractivity contribution in [3.63, 3.8) is 0 Å². The standard InChI is InChI=1S/C26H21N3O/c1-18-12-14-19(15-13-18)16-22-26(30)29-17-23(20-8-4-2-5-9-20)27-24(25(29)28-22)21-10-6-3-7-11-21/h2-15,17,27H,16H2,1H3. The van der Waals surface area contributed by atoms with Gasteiger partial charge in [0.2, 0.25) is 0 Å². The van der Waals surface area contributed by atoms with Crippen molar-refractivity contribution < 1.29 is 0 Å². The van der Waals surface area contributed by atoms with Gasteiger partial charge in [0.05, 0.1) is 11.4 Å². The summed E-state index contributed by atoms with van der Waals surface area (Å²) in [5.74, 6) is 0.646. The number of aromatic nitrogens is 3. The van der Waals surface area contributed by atoms with E-state index in [9.17, 15) is 4.79 Å². The average Bonchev–Trinajstić information content (AvgIpc) is 3.11. The minimum Gasteiger partial charge on any atom is -0.350 e. The third-order valence-electron chi connectivity index (χ3n) is 5.32. The second-order valence-corrected chi connectivity index (χ2v) is 7.49. The summed E-state index contributed by atoms with van der Waals surface area (Å²) in [6.45, 7) is 2.06. The van der Waals surface area contributed by atoms with Crippen LogP contribution in [0.3, 0.4) is 0 Å². The lowest BCUT2D eigenvalue weighted by Crippen LogP contribution is -2.16. The van der Waals surface area contributed by atoms with Crippen molar-refractivity contribution in [3.05, 3.63) is 118 Å². The largest absolute Gasteiger partial charge is 0.350 e. The number of nitrogens with zero attached hydrogens (tertiary/aromatic N) is 2. The van der Waals surface area contributed by atoms with Crippen molar-refractivity contribution >= 4 is 0 Å². The molecule has 5 rings (SSSR count). The van der Waals surface area contributed by atoms with Gasteiger partial charge in [0.25, 0.3) is 5.56 Å². The van der Waals surface area contributed by atoms with E-state index in [1.165, 1.54) is 5.56 Å². The highest BCUT2D eigenvalue weighted by molar-refractivity contribution is 5.71. The first-order valence-corrected chi connectivity index (χ1v) is 10.00. The second-order valence-electron chi connectivity index (χ2n) is 7.49. The fourth-order valence-corrected chi connectivity index (χ4v) is 3.70. The Labute approximate surface area is 174 Å².